The Hall–Kier alpha value is -1.79. The molecule has 0 aromatic carbocycles. The Labute approximate surface area is 139 Å². The smallest absolute Gasteiger partial charge is 0.236 e. The normalized spacial score (nSPS) is 13.7. The molecular weight excluding hydrogens is 310 g/mol. The molecule has 0 amide bonds. The lowest BCUT2D eigenvalue weighted by Gasteiger charge is -2.09. The molecule has 1 rings (SSSR count). The van der Waals surface area contributed by atoms with Gasteiger partial charge in [-0.05, 0) is 44.4 Å². The fraction of sp³-hybridized carbons (Fsp3) is 0.412. The van der Waals surface area contributed by atoms with Crippen molar-refractivity contribution in [3.8, 4) is 0 Å². The van der Waals surface area contributed by atoms with Crippen molar-refractivity contribution in [1.82, 2.24) is 9.71 Å². The van der Waals surface area contributed by atoms with Crippen molar-refractivity contribution in [2.45, 2.75) is 40.2 Å². The summed E-state index contributed by atoms with van der Waals surface area (Å²) in [5.41, 5.74) is 1.77. The second kappa shape index (κ2) is 10.1. The fourth-order valence-corrected chi connectivity index (χ4v) is 3.24. The summed E-state index contributed by atoms with van der Waals surface area (Å²) < 4.78 is 27.3. The highest BCUT2D eigenvalue weighted by Gasteiger charge is 2.14. The summed E-state index contributed by atoms with van der Waals surface area (Å²) in [6.07, 6.45) is 9.97. The maximum absolute atomic E-state index is 12.3. The molecule has 0 aliphatic heterocycles. The van der Waals surface area contributed by atoms with Crippen molar-refractivity contribution in [1.29, 1.82) is 0 Å². The number of rotatable bonds is 9. The first-order valence-corrected chi connectivity index (χ1v) is 9.19. The zero-order valence-corrected chi connectivity index (χ0v) is 14.8. The molecule has 1 N–H and O–H groups in total. The predicted octanol–water partition coefficient (Wildman–Crippen LogP) is 3.22. The van der Waals surface area contributed by atoms with Crippen LogP contribution in [0.25, 0.3) is 0 Å². The molecule has 0 radical (unpaired) electrons. The van der Waals surface area contributed by atoms with E-state index in [0.29, 0.717) is 24.3 Å². The van der Waals surface area contributed by atoms with Crippen LogP contribution < -0.4 is 4.72 Å². The van der Waals surface area contributed by atoms with Gasteiger partial charge in [0.25, 0.3) is 0 Å². The van der Waals surface area contributed by atoms with Gasteiger partial charge in [-0.2, -0.15) is 0 Å². The third kappa shape index (κ3) is 7.34. The lowest BCUT2D eigenvalue weighted by atomic mass is 10.3. The summed E-state index contributed by atoms with van der Waals surface area (Å²) in [6, 6.07) is 3.62. The van der Waals surface area contributed by atoms with Gasteiger partial charge in [0.05, 0.1) is 4.91 Å². The molecule has 1 heterocycles. The largest absolute Gasteiger partial charge is 0.290 e. The molecule has 23 heavy (non-hydrogen) atoms. The maximum atomic E-state index is 12.3. The van der Waals surface area contributed by atoms with Crippen molar-refractivity contribution in [2.75, 3.05) is 6.54 Å². The molecule has 126 valence electrons. The second-order valence-electron chi connectivity index (χ2n) is 5.02. The number of hydrogen-bond donors (Lipinski definition) is 1. The summed E-state index contributed by atoms with van der Waals surface area (Å²) in [5, 5.41) is 0. The van der Waals surface area contributed by atoms with Crippen LogP contribution in [0.2, 0.25) is 0 Å². The van der Waals surface area contributed by atoms with E-state index in [0.717, 1.165) is 11.3 Å². The lowest BCUT2D eigenvalue weighted by molar-refractivity contribution is 0.586. The Morgan fingerprint density at radius 2 is 2.22 bits per heavy atom. The van der Waals surface area contributed by atoms with Gasteiger partial charge < -0.3 is 0 Å². The highest BCUT2D eigenvalue weighted by Crippen LogP contribution is 2.11. The van der Waals surface area contributed by atoms with E-state index in [1.807, 2.05) is 39.0 Å². The van der Waals surface area contributed by atoms with Gasteiger partial charge in [-0.15, -0.1) is 0 Å². The van der Waals surface area contributed by atoms with E-state index in [-0.39, 0.29) is 6.54 Å². The Kier molecular flexibility index (Phi) is 8.43. The van der Waals surface area contributed by atoms with E-state index in [2.05, 4.69) is 14.7 Å². The van der Waals surface area contributed by atoms with Gasteiger partial charge in [0.1, 0.15) is 0 Å². The van der Waals surface area contributed by atoms with Crippen LogP contribution >= 0.6 is 0 Å². The first-order valence-electron chi connectivity index (χ1n) is 7.71. The summed E-state index contributed by atoms with van der Waals surface area (Å²) in [6.45, 7) is 6.53. The van der Waals surface area contributed by atoms with Crippen LogP contribution in [0.3, 0.4) is 0 Å². The minimum Gasteiger partial charge on any atom is -0.290 e. The van der Waals surface area contributed by atoms with Crippen LogP contribution in [0.15, 0.2) is 52.7 Å². The fourth-order valence-electron chi connectivity index (χ4n) is 1.98. The molecule has 6 heteroatoms. The molecular formula is C17H25N3O2S. The zero-order chi connectivity index (χ0) is 17.1. The molecule has 1 aromatic heterocycles. The maximum Gasteiger partial charge on any atom is 0.236 e. The van der Waals surface area contributed by atoms with Gasteiger partial charge in [0.15, 0.2) is 0 Å². The Morgan fingerprint density at radius 1 is 1.43 bits per heavy atom. The second-order valence-corrected chi connectivity index (χ2v) is 6.84. The molecule has 0 bridgehead atoms. The molecule has 5 nitrogen and oxygen atoms in total. The topological polar surface area (TPSA) is 71.4 Å². The van der Waals surface area contributed by atoms with Crippen LogP contribution in [0.1, 0.15) is 39.2 Å². The van der Waals surface area contributed by atoms with Crippen LogP contribution in [-0.2, 0) is 16.6 Å². The quantitative estimate of drug-likeness (QED) is 0.556. The molecule has 0 aliphatic carbocycles. The van der Waals surface area contributed by atoms with E-state index in [1.165, 1.54) is 0 Å². The van der Waals surface area contributed by atoms with E-state index < -0.39 is 10.0 Å². The zero-order valence-electron chi connectivity index (χ0n) is 14.0. The van der Waals surface area contributed by atoms with E-state index in [9.17, 15) is 8.42 Å². The number of aromatic nitrogens is 1. The lowest BCUT2D eigenvalue weighted by Crippen LogP contribution is -2.24. The van der Waals surface area contributed by atoms with E-state index in [4.69, 9.17) is 0 Å². The van der Waals surface area contributed by atoms with E-state index in [1.54, 1.807) is 24.5 Å². The third-order valence-corrected chi connectivity index (χ3v) is 4.82. The van der Waals surface area contributed by atoms with Crippen molar-refractivity contribution < 1.29 is 8.42 Å². The minimum atomic E-state index is -3.46. The molecule has 0 spiro atoms. The molecule has 1 aromatic rings. The number of pyridine rings is 1. The van der Waals surface area contributed by atoms with Crippen LogP contribution in [0, 0.1) is 0 Å². The first-order chi connectivity index (χ1) is 11.0. The van der Waals surface area contributed by atoms with Gasteiger partial charge in [-0.3, -0.25) is 9.98 Å². The van der Waals surface area contributed by atoms with Crippen LogP contribution in [0.5, 0.6) is 0 Å². The Bertz CT molecular complexity index is 662. The van der Waals surface area contributed by atoms with Crippen molar-refractivity contribution in [3.05, 3.63) is 53.2 Å². The monoisotopic (exact) mass is 335 g/mol. The summed E-state index contributed by atoms with van der Waals surface area (Å²) >= 11 is 0. The Morgan fingerprint density at radius 3 is 2.83 bits per heavy atom. The number of nitrogens with one attached hydrogen (secondary N) is 1. The van der Waals surface area contributed by atoms with Gasteiger partial charge in [-0.1, -0.05) is 25.1 Å². The average molecular weight is 335 g/mol. The average Bonchev–Trinajstić information content (AvgIpc) is 2.54. The third-order valence-electron chi connectivity index (χ3n) is 3.15. The highest BCUT2D eigenvalue weighted by molar-refractivity contribution is 7.93. The standard InChI is InChI=1S/C17H25N3O2S/c1-4-8-15(3)19-12-7-10-17(5-2)23(21,22)20-14-16-9-6-11-18-13-16/h4,6,8-11,13,20H,5,7,12,14H2,1-3H3/b8-4-,17-10+,19-15?. The van der Waals surface area contributed by atoms with Gasteiger partial charge in [-0.25, -0.2) is 13.1 Å². The van der Waals surface area contributed by atoms with Crippen LogP contribution in [0.4, 0.5) is 0 Å². The predicted molar refractivity (Wildman–Crippen MR) is 95.8 cm³/mol. The number of nitrogens with zero attached hydrogens (tertiary/aromatic N) is 2. The molecule has 0 fully saturated rings. The van der Waals surface area contributed by atoms with Gasteiger partial charge in [0, 0.05) is 31.2 Å². The van der Waals surface area contributed by atoms with Gasteiger partial charge >= 0.3 is 0 Å². The SMILES string of the molecule is C/C=C\C(C)=NCC/C=C(\CC)S(=O)(=O)NCc1cccnc1. The molecule has 0 atom stereocenters. The van der Waals surface area contributed by atoms with Crippen molar-refractivity contribution in [3.63, 3.8) is 0 Å². The van der Waals surface area contributed by atoms with Crippen molar-refractivity contribution in [2.24, 2.45) is 4.99 Å². The van der Waals surface area contributed by atoms with E-state index >= 15 is 0 Å². The summed E-state index contributed by atoms with van der Waals surface area (Å²) in [5.74, 6) is 0. The van der Waals surface area contributed by atoms with Gasteiger partial charge in [0.2, 0.25) is 10.0 Å². The number of sulfonamides is 1. The highest BCUT2D eigenvalue weighted by atomic mass is 32.2. The number of aliphatic imine (C=N–C) groups is 1. The Balaban J connectivity index is 2.63. The number of allylic oxidation sites excluding steroid dienone is 3. The minimum absolute atomic E-state index is 0.242. The summed E-state index contributed by atoms with van der Waals surface area (Å²) in [4.78, 5) is 8.73. The number of hydrogen-bond acceptors (Lipinski definition) is 4. The first kappa shape index (κ1) is 19.3. The molecule has 0 saturated carbocycles. The molecule has 0 unspecified atom stereocenters. The van der Waals surface area contributed by atoms with Crippen LogP contribution in [-0.4, -0.2) is 25.7 Å². The summed E-state index contributed by atoms with van der Waals surface area (Å²) in [7, 11) is -3.46. The van der Waals surface area contributed by atoms with Crippen molar-refractivity contribution >= 4 is 15.7 Å². The molecule has 0 saturated heterocycles. The molecule has 0 aliphatic rings.